The molecule has 10 amide bonds. The van der Waals surface area contributed by atoms with Crippen LogP contribution in [0.1, 0.15) is 163 Å². The van der Waals surface area contributed by atoms with Crippen molar-refractivity contribution in [2.24, 2.45) is 47.3 Å². The Morgan fingerprint density at radius 1 is 0.448 bits per heavy atom. The van der Waals surface area contributed by atoms with E-state index in [9.17, 15) is 38.4 Å². The molecule has 0 aliphatic rings. The molecule has 0 spiro atoms. The largest absolute Gasteiger partial charge is 0.468 e. The third-order valence-corrected chi connectivity index (χ3v) is 16.3. The molecule has 5 N–H and O–H groups in total. The number of carbonyl (C=O) groups is 11. The molecular weight excluding hydrogens is 1110 g/mol. The van der Waals surface area contributed by atoms with Crippen molar-refractivity contribution in [1.29, 1.82) is 0 Å². The molecule has 0 saturated carbocycles. The molecule has 0 fully saturated rings. The van der Waals surface area contributed by atoms with Gasteiger partial charge in [0.15, 0.2) is 0 Å². The standard InChI is InChI=1S/C64H117N11O12/c1-27-29-30-42(15)43(16)54(58(80)68-46(28-2)60(82)70(20)35-51(76)87-26)75(25)64(86)53(41(13)14)74(24)62(84)50(34-39(9)10)73(23)61(83)49(33-38(7)8)72(22)59(81)45(18)67-55(77)44(17)66-57(79)48(32-37(5)6)71(21)63(85)52(40(11)12)69-56(78)47(65-19)31-36(3)4/h27,29,36-50,52-54,65H,28,30-35H2,1-26H3,(H,66,79)(H,67,77)(H,68,80)(H,69,78)/b29-27+/t42-,43-,44+,45-,46+,47+,48+,49+,50+,52+,53+,54+/m1/s1. The van der Waals surface area contributed by atoms with E-state index < -0.39 is 131 Å². The molecule has 23 heteroatoms. The smallest absolute Gasteiger partial charge is 0.325 e. The molecule has 0 aliphatic carbocycles. The SMILES string of the molecule is C/C=C/C[C@@H](C)[C@@H](C)[C@@H](C(=O)N[C@@H](CC)C(=O)N(C)CC(=O)OC)N(C)C(=O)[C@H](C(C)C)N(C)C(=O)[C@H](CC(C)C)N(C)C(=O)[C@H](CC(C)C)N(C)C(=O)[C@@H](C)NC(=O)[C@H](C)NC(=O)[C@H](CC(C)C)N(C)C(=O)[C@@H](NC(=O)[C@H](CC(C)C)NC)C(C)C. The lowest BCUT2D eigenvalue weighted by atomic mass is 9.84. The summed E-state index contributed by atoms with van der Waals surface area (Å²) in [7, 11) is 11.8. The van der Waals surface area contributed by atoms with Crippen molar-refractivity contribution in [1.82, 2.24) is 56.0 Å². The molecule has 0 heterocycles. The van der Waals surface area contributed by atoms with Crippen LogP contribution >= 0.6 is 0 Å². The number of hydrogen-bond acceptors (Lipinski definition) is 13. The molecule has 23 nitrogen and oxygen atoms in total. The molecule has 0 radical (unpaired) electrons. The van der Waals surface area contributed by atoms with Crippen molar-refractivity contribution in [3.63, 3.8) is 0 Å². The Balaban J connectivity index is 6.98. The van der Waals surface area contributed by atoms with Gasteiger partial charge < -0.3 is 60.7 Å². The number of amides is 10. The average molecular weight is 1230 g/mol. The third kappa shape index (κ3) is 24.8. The summed E-state index contributed by atoms with van der Waals surface area (Å²) in [6.07, 6.45) is 5.77. The predicted octanol–water partition coefficient (Wildman–Crippen LogP) is 4.46. The summed E-state index contributed by atoms with van der Waals surface area (Å²) in [5.74, 6) is -7.66. The van der Waals surface area contributed by atoms with Crippen LogP contribution in [0.5, 0.6) is 0 Å². The topological polar surface area (TPSA) is 277 Å². The summed E-state index contributed by atoms with van der Waals surface area (Å²) in [6, 6.07) is -10.4. The van der Waals surface area contributed by atoms with Gasteiger partial charge in [0.2, 0.25) is 59.1 Å². The lowest BCUT2D eigenvalue weighted by molar-refractivity contribution is -0.156. The highest BCUT2D eigenvalue weighted by Crippen LogP contribution is 2.27. The Labute approximate surface area is 522 Å². The minimum absolute atomic E-state index is 0.0548. The van der Waals surface area contributed by atoms with Gasteiger partial charge in [0, 0.05) is 42.3 Å². The molecule has 0 aromatic carbocycles. The Morgan fingerprint density at radius 2 is 0.897 bits per heavy atom. The lowest BCUT2D eigenvalue weighted by Crippen LogP contribution is -2.62. The van der Waals surface area contributed by atoms with Gasteiger partial charge in [-0.15, -0.1) is 0 Å². The second-order valence-electron chi connectivity index (χ2n) is 26.4. The van der Waals surface area contributed by atoms with Crippen LogP contribution in [0.2, 0.25) is 0 Å². The van der Waals surface area contributed by atoms with Crippen LogP contribution < -0.4 is 26.6 Å². The van der Waals surface area contributed by atoms with Crippen molar-refractivity contribution in [2.45, 2.75) is 224 Å². The van der Waals surface area contributed by atoms with E-state index in [-0.39, 0.29) is 73.6 Å². The maximum absolute atomic E-state index is 15.1. The highest BCUT2D eigenvalue weighted by molar-refractivity contribution is 5.99. The van der Waals surface area contributed by atoms with Crippen molar-refractivity contribution in [3.05, 3.63) is 12.2 Å². The van der Waals surface area contributed by atoms with Crippen LogP contribution in [0.4, 0.5) is 0 Å². The molecule has 87 heavy (non-hydrogen) atoms. The minimum Gasteiger partial charge on any atom is -0.468 e. The van der Waals surface area contributed by atoms with Crippen molar-refractivity contribution >= 4 is 65.0 Å². The van der Waals surface area contributed by atoms with E-state index in [0.29, 0.717) is 12.8 Å². The zero-order chi connectivity index (χ0) is 67.8. The number of hydrogen-bond donors (Lipinski definition) is 5. The molecule has 0 aromatic rings. The molecule has 12 atom stereocenters. The van der Waals surface area contributed by atoms with Crippen LogP contribution in [-0.4, -0.2) is 218 Å². The first-order valence-electron chi connectivity index (χ1n) is 31.4. The fourth-order valence-corrected chi connectivity index (χ4v) is 10.7. The number of esters is 1. The Hall–Kier alpha value is -6.13. The van der Waals surface area contributed by atoms with E-state index in [0.717, 1.165) is 0 Å². The predicted molar refractivity (Wildman–Crippen MR) is 340 cm³/mol. The Kier molecular flexibility index (Phi) is 35.6. The van der Waals surface area contributed by atoms with Gasteiger partial charge >= 0.3 is 5.97 Å². The molecule has 0 saturated heterocycles. The fraction of sp³-hybridized carbons (Fsp3) is 0.797. The van der Waals surface area contributed by atoms with Crippen LogP contribution in [0, 0.1) is 47.3 Å². The number of nitrogens with one attached hydrogen (secondary N) is 5. The highest BCUT2D eigenvalue weighted by atomic mass is 16.5. The van der Waals surface area contributed by atoms with Gasteiger partial charge in [-0.2, -0.15) is 0 Å². The summed E-state index contributed by atoms with van der Waals surface area (Å²) in [5, 5.41) is 14.2. The van der Waals surface area contributed by atoms with E-state index in [1.54, 1.807) is 41.7 Å². The zero-order valence-electron chi connectivity index (χ0n) is 58.1. The molecule has 0 aliphatic heterocycles. The maximum Gasteiger partial charge on any atom is 0.325 e. The van der Waals surface area contributed by atoms with Gasteiger partial charge in [-0.1, -0.05) is 116 Å². The summed E-state index contributed by atoms with van der Waals surface area (Å²) >= 11 is 0. The highest BCUT2D eigenvalue weighted by Gasteiger charge is 2.45. The Bertz CT molecular complexity index is 2310. The first-order valence-corrected chi connectivity index (χ1v) is 31.4. The van der Waals surface area contributed by atoms with Crippen LogP contribution in [0.25, 0.3) is 0 Å². The van der Waals surface area contributed by atoms with Crippen LogP contribution in [-0.2, 0) is 57.5 Å². The maximum atomic E-state index is 15.1. The average Bonchev–Trinajstić information content (AvgIpc) is 1.23. The fourth-order valence-electron chi connectivity index (χ4n) is 10.7. The first-order chi connectivity index (χ1) is 40.2. The van der Waals surface area contributed by atoms with Gasteiger partial charge in [-0.25, -0.2) is 0 Å². The van der Waals surface area contributed by atoms with Crippen molar-refractivity contribution in [2.75, 3.05) is 63.0 Å². The molecule has 0 rings (SSSR count). The van der Waals surface area contributed by atoms with Gasteiger partial charge in [0.05, 0.1) is 13.2 Å². The number of rotatable bonds is 37. The first kappa shape index (κ1) is 80.9. The molecule has 500 valence electrons. The van der Waals surface area contributed by atoms with Gasteiger partial charge in [-0.05, 0) is 114 Å². The molecule has 0 bridgehead atoms. The molecule has 0 aromatic heterocycles. The summed E-state index contributed by atoms with van der Waals surface area (Å²) in [6.45, 7) is 32.5. The lowest BCUT2D eigenvalue weighted by Gasteiger charge is -2.42. The normalized spacial score (nSPS) is 15.9. The van der Waals surface area contributed by atoms with E-state index in [1.807, 2.05) is 88.3 Å². The number of ether oxygens (including phenoxy) is 1. The van der Waals surface area contributed by atoms with Crippen LogP contribution in [0.3, 0.4) is 0 Å². The van der Waals surface area contributed by atoms with E-state index in [4.69, 9.17) is 4.74 Å². The molecular formula is C64H117N11O12. The summed E-state index contributed by atoms with van der Waals surface area (Å²) in [4.78, 5) is 163. The van der Waals surface area contributed by atoms with Gasteiger partial charge in [0.1, 0.15) is 60.9 Å². The number of likely N-dealkylation sites (N-methyl/N-ethyl adjacent to an activating group) is 7. The number of methoxy groups -OCH3 is 1. The molecule has 0 unspecified atom stereocenters. The zero-order valence-corrected chi connectivity index (χ0v) is 58.1. The van der Waals surface area contributed by atoms with E-state index in [1.165, 1.54) is 92.6 Å². The third-order valence-electron chi connectivity index (χ3n) is 16.3. The van der Waals surface area contributed by atoms with Gasteiger partial charge in [0.25, 0.3) is 0 Å². The van der Waals surface area contributed by atoms with E-state index in [2.05, 4.69) is 26.6 Å². The monoisotopic (exact) mass is 1230 g/mol. The van der Waals surface area contributed by atoms with Crippen molar-refractivity contribution in [3.8, 4) is 0 Å². The van der Waals surface area contributed by atoms with Crippen LogP contribution in [0.15, 0.2) is 12.2 Å². The number of carbonyl (C=O) groups excluding carboxylic acids is 11. The minimum atomic E-state index is -1.20. The number of allylic oxidation sites excluding steroid dienone is 2. The quantitative estimate of drug-likeness (QED) is 0.0425. The number of nitrogens with zero attached hydrogens (tertiary/aromatic N) is 6. The Morgan fingerprint density at radius 3 is 1.33 bits per heavy atom. The van der Waals surface area contributed by atoms with Crippen molar-refractivity contribution < 1.29 is 57.5 Å². The van der Waals surface area contributed by atoms with Gasteiger partial charge in [-0.3, -0.25) is 52.7 Å². The van der Waals surface area contributed by atoms with E-state index >= 15 is 14.4 Å². The second-order valence-corrected chi connectivity index (χ2v) is 26.4. The second kappa shape index (κ2) is 38.3. The summed E-state index contributed by atoms with van der Waals surface area (Å²) in [5.41, 5.74) is 0. The summed E-state index contributed by atoms with van der Waals surface area (Å²) < 4.78 is 4.74.